The first-order chi connectivity index (χ1) is 20.6. The molecule has 44 heavy (non-hydrogen) atoms. The van der Waals surface area contributed by atoms with Gasteiger partial charge in [0, 0.05) is 18.5 Å². The van der Waals surface area contributed by atoms with E-state index in [0.717, 1.165) is 22.3 Å². The molecular weight excluding hydrogens is 554 g/mol. The van der Waals surface area contributed by atoms with Gasteiger partial charge in [0.1, 0.15) is 23.4 Å². The van der Waals surface area contributed by atoms with Gasteiger partial charge in [0.25, 0.3) is 0 Å². The summed E-state index contributed by atoms with van der Waals surface area (Å²) in [5.41, 5.74) is 2.72. The number of benzene rings is 3. The molecule has 3 aromatic carbocycles. The monoisotopic (exact) mass is 601 g/mol. The van der Waals surface area contributed by atoms with E-state index in [4.69, 9.17) is 4.74 Å². The van der Waals surface area contributed by atoms with E-state index in [1.54, 1.807) is 37.8 Å². The van der Waals surface area contributed by atoms with Crippen LogP contribution in [0.4, 0.5) is 4.79 Å². The van der Waals surface area contributed by atoms with Crippen LogP contribution >= 0.6 is 0 Å². The Labute approximate surface area is 261 Å². The molecule has 2 atom stereocenters. The van der Waals surface area contributed by atoms with Crippen LogP contribution in [0.25, 0.3) is 0 Å². The number of hydrogen-bond donors (Lipinski definition) is 3. The molecule has 0 bridgehead atoms. The molecule has 0 spiro atoms. The van der Waals surface area contributed by atoms with Crippen molar-refractivity contribution < 1.29 is 24.2 Å². The van der Waals surface area contributed by atoms with Crippen LogP contribution in [0.3, 0.4) is 0 Å². The zero-order valence-corrected chi connectivity index (χ0v) is 27.2. The zero-order chi connectivity index (χ0) is 32.7. The summed E-state index contributed by atoms with van der Waals surface area (Å²) >= 11 is 0. The quantitative estimate of drug-likeness (QED) is 0.232. The van der Waals surface area contributed by atoms with Gasteiger partial charge in [-0.3, -0.25) is 9.59 Å². The van der Waals surface area contributed by atoms with Crippen molar-refractivity contribution in [2.45, 2.75) is 98.0 Å². The Balaban J connectivity index is 2.13. The Morgan fingerprint density at radius 1 is 0.886 bits per heavy atom. The average molecular weight is 602 g/mol. The molecule has 0 aromatic heterocycles. The lowest BCUT2D eigenvalue weighted by Crippen LogP contribution is -2.60. The van der Waals surface area contributed by atoms with Crippen molar-refractivity contribution in [1.82, 2.24) is 15.5 Å². The maximum atomic E-state index is 14.8. The Bertz CT molecular complexity index is 1430. The molecule has 0 radical (unpaired) electrons. The molecule has 2 unspecified atom stereocenters. The number of aromatic hydroxyl groups is 1. The van der Waals surface area contributed by atoms with E-state index in [2.05, 4.69) is 10.6 Å². The van der Waals surface area contributed by atoms with Gasteiger partial charge in [-0.1, -0.05) is 73.2 Å². The molecule has 0 fully saturated rings. The van der Waals surface area contributed by atoms with E-state index in [0.29, 0.717) is 18.5 Å². The molecule has 8 heteroatoms. The highest BCUT2D eigenvalue weighted by atomic mass is 16.6. The van der Waals surface area contributed by atoms with Gasteiger partial charge in [-0.25, -0.2) is 4.79 Å². The number of ether oxygens (including phenoxy) is 1. The number of hydrogen-bond acceptors (Lipinski definition) is 5. The molecule has 3 rings (SSSR count). The highest BCUT2D eigenvalue weighted by Gasteiger charge is 2.43. The zero-order valence-electron chi connectivity index (χ0n) is 27.2. The predicted molar refractivity (Wildman–Crippen MR) is 173 cm³/mol. The minimum atomic E-state index is -1.06. The van der Waals surface area contributed by atoms with Crippen LogP contribution in [-0.4, -0.2) is 45.1 Å². The summed E-state index contributed by atoms with van der Waals surface area (Å²) in [5, 5.41) is 15.7. The molecule has 236 valence electrons. The second kappa shape index (κ2) is 14.4. The standard InChI is InChI=1S/C36H47N3O5/c1-9-36(7,8)39(33(42)30(38-34(43)44-35(4,5)6)22-26-16-18-28(40)19-17-26)31(29-20-15-24(2)21-25(29)3)32(41)37-23-27-13-11-10-12-14-27/h10-21,30-31,40H,9,22-23H2,1-8H3,(H,37,41)(H,38,43). The number of carbonyl (C=O) groups is 3. The lowest BCUT2D eigenvalue weighted by Gasteiger charge is -2.45. The summed E-state index contributed by atoms with van der Waals surface area (Å²) in [7, 11) is 0. The van der Waals surface area contributed by atoms with Crippen molar-refractivity contribution in [3.8, 4) is 5.75 Å². The summed E-state index contributed by atoms with van der Waals surface area (Å²) in [6.45, 7) is 15.3. The first-order valence-electron chi connectivity index (χ1n) is 15.1. The third-order valence-corrected chi connectivity index (χ3v) is 7.66. The van der Waals surface area contributed by atoms with Crippen LogP contribution in [0.2, 0.25) is 0 Å². The van der Waals surface area contributed by atoms with Gasteiger partial charge in [0.05, 0.1) is 0 Å². The number of aryl methyl sites for hydroxylation is 2. The van der Waals surface area contributed by atoms with Gasteiger partial charge in [-0.15, -0.1) is 0 Å². The molecule has 0 saturated carbocycles. The van der Waals surface area contributed by atoms with E-state index >= 15 is 0 Å². The molecule has 3 N–H and O–H groups in total. The van der Waals surface area contributed by atoms with E-state index in [1.165, 1.54) is 12.1 Å². The van der Waals surface area contributed by atoms with E-state index in [1.807, 2.05) is 83.1 Å². The minimum Gasteiger partial charge on any atom is -0.508 e. The van der Waals surface area contributed by atoms with Crippen LogP contribution in [-0.2, 0) is 27.3 Å². The van der Waals surface area contributed by atoms with Crippen LogP contribution < -0.4 is 10.6 Å². The Kier molecular flexibility index (Phi) is 11.2. The fourth-order valence-corrected chi connectivity index (χ4v) is 5.04. The molecule has 3 aromatic rings. The van der Waals surface area contributed by atoms with Gasteiger partial charge < -0.3 is 25.4 Å². The highest BCUT2D eigenvalue weighted by Crippen LogP contribution is 2.34. The van der Waals surface area contributed by atoms with E-state index in [9.17, 15) is 19.5 Å². The minimum absolute atomic E-state index is 0.0930. The van der Waals surface area contributed by atoms with Gasteiger partial charge in [0.2, 0.25) is 11.8 Å². The number of nitrogens with one attached hydrogen (secondary N) is 2. The fraction of sp³-hybridized carbons (Fsp3) is 0.417. The van der Waals surface area contributed by atoms with Crippen molar-refractivity contribution in [3.63, 3.8) is 0 Å². The maximum Gasteiger partial charge on any atom is 0.408 e. The molecule has 0 saturated heterocycles. The van der Waals surface area contributed by atoms with Crippen molar-refractivity contribution in [3.05, 3.63) is 101 Å². The molecule has 0 aliphatic carbocycles. The maximum absolute atomic E-state index is 14.8. The molecule has 0 aliphatic heterocycles. The Hall–Kier alpha value is -4.33. The smallest absolute Gasteiger partial charge is 0.408 e. The summed E-state index contributed by atoms with van der Waals surface area (Å²) in [4.78, 5) is 43.7. The second-order valence-electron chi connectivity index (χ2n) is 12.9. The van der Waals surface area contributed by atoms with Crippen LogP contribution in [0.1, 0.15) is 81.8 Å². The van der Waals surface area contributed by atoms with Gasteiger partial charge in [0.15, 0.2) is 0 Å². The van der Waals surface area contributed by atoms with E-state index < -0.39 is 35.2 Å². The predicted octanol–water partition coefficient (Wildman–Crippen LogP) is 6.52. The Morgan fingerprint density at radius 3 is 2.09 bits per heavy atom. The first-order valence-corrected chi connectivity index (χ1v) is 15.1. The molecule has 3 amide bonds. The number of carbonyl (C=O) groups excluding carboxylic acids is 3. The summed E-state index contributed by atoms with van der Waals surface area (Å²) in [6.07, 6.45) is -0.0647. The lowest BCUT2D eigenvalue weighted by molar-refractivity contribution is -0.149. The Morgan fingerprint density at radius 2 is 1.52 bits per heavy atom. The fourth-order valence-electron chi connectivity index (χ4n) is 5.04. The molecule has 8 nitrogen and oxygen atoms in total. The van der Waals surface area contributed by atoms with Crippen molar-refractivity contribution in [2.75, 3.05) is 0 Å². The number of amides is 3. The number of phenols is 1. The summed E-state index contributed by atoms with van der Waals surface area (Å²) in [6, 6.07) is 19.9. The number of rotatable bonds is 11. The van der Waals surface area contributed by atoms with Gasteiger partial charge in [-0.05, 0) is 89.3 Å². The van der Waals surface area contributed by atoms with Crippen LogP contribution in [0.15, 0.2) is 72.8 Å². The normalized spacial score (nSPS) is 13.0. The van der Waals surface area contributed by atoms with Crippen LogP contribution in [0.5, 0.6) is 5.75 Å². The molecule has 0 aliphatic rings. The van der Waals surface area contributed by atoms with E-state index in [-0.39, 0.29) is 18.1 Å². The average Bonchev–Trinajstić information content (AvgIpc) is 2.95. The topological polar surface area (TPSA) is 108 Å². The number of alkyl carbamates (subject to hydrolysis) is 1. The molecule has 0 heterocycles. The number of phenolic OH excluding ortho intramolecular Hbond substituents is 1. The summed E-state index contributed by atoms with van der Waals surface area (Å²) in [5.74, 6) is -0.651. The van der Waals surface area contributed by atoms with Crippen molar-refractivity contribution in [1.29, 1.82) is 0 Å². The van der Waals surface area contributed by atoms with Crippen molar-refractivity contribution in [2.24, 2.45) is 0 Å². The van der Waals surface area contributed by atoms with Crippen molar-refractivity contribution >= 4 is 17.9 Å². The van der Waals surface area contributed by atoms with Crippen LogP contribution in [0, 0.1) is 13.8 Å². The third kappa shape index (κ3) is 9.33. The lowest BCUT2D eigenvalue weighted by atomic mass is 9.89. The highest BCUT2D eigenvalue weighted by molar-refractivity contribution is 5.93. The molecular formula is C36H47N3O5. The SMILES string of the molecule is CCC(C)(C)N(C(=O)C(Cc1ccc(O)cc1)NC(=O)OC(C)(C)C)C(C(=O)NCc1ccccc1)c1ccc(C)cc1C. The first kappa shape index (κ1) is 34.2. The van der Waals surface area contributed by atoms with Gasteiger partial charge >= 0.3 is 6.09 Å². The largest absolute Gasteiger partial charge is 0.508 e. The number of nitrogens with zero attached hydrogens (tertiary/aromatic N) is 1. The third-order valence-electron chi connectivity index (χ3n) is 7.66. The summed E-state index contributed by atoms with van der Waals surface area (Å²) < 4.78 is 5.54. The van der Waals surface area contributed by atoms with Gasteiger partial charge in [-0.2, -0.15) is 0 Å². The second-order valence-corrected chi connectivity index (χ2v) is 12.9.